The topological polar surface area (TPSA) is 32.6 Å². The smallest absolute Gasteiger partial charge is 0.139 e. The van der Waals surface area contributed by atoms with Crippen molar-refractivity contribution < 1.29 is 4.39 Å². The number of halogens is 3. The first kappa shape index (κ1) is 16.8. The molecule has 1 N–H and O–H groups in total. The lowest BCUT2D eigenvalue weighted by molar-refractivity contribution is 0.230. The van der Waals surface area contributed by atoms with Gasteiger partial charge in [0.05, 0.1) is 16.4 Å². The average molecular weight is 379 g/mol. The van der Waals surface area contributed by atoms with Crippen LogP contribution in [-0.2, 0) is 6.54 Å². The standard InChI is InChI=1S/C18H17Cl2FN4/c19-12-1-3-14(15(20)9-12)18-16(11-24-7-5-22-6-8-24)25-10-13(21)2-4-17(25)23-18/h1-4,9-10,22H,5-8,11H2. The van der Waals surface area contributed by atoms with Crippen molar-refractivity contribution >= 4 is 28.8 Å². The van der Waals surface area contributed by atoms with Gasteiger partial charge in [-0.2, -0.15) is 0 Å². The van der Waals surface area contributed by atoms with Crippen molar-refractivity contribution in [2.75, 3.05) is 26.2 Å². The lowest BCUT2D eigenvalue weighted by Gasteiger charge is -2.27. The van der Waals surface area contributed by atoms with Crippen LogP contribution in [0.3, 0.4) is 0 Å². The quantitative estimate of drug-likeness (QED) is 0.751. The van der Waals surface area contributed by atoms with E-state index in [1.165, 1.54) is 12.3 Å². The van der Waals surface area contributed by atoms with Crippen molar-refractivity contribution in [2.24, 2.45) is 0 Å². The van der Waals surface area contributed by atoms with Gasteiger partial charge in [-0.15, -0.1) is 0 Å². The zero-order chi connectivity index (χ0) is 17.4. The van der Waals surface area contributed by atoms with Gasteiger partial charge in [0.15, 0.2) is 0 Å². The van der Waals surface area contributed by atoms with E-state index in [4.69, 9.17) is 28.2 Å². The van der Waals surface area contributed by atoms with Crippen molar-refractivity contribution in [2.45, 2.75) is 6.54 Å². The number of benzene rings is 1. The van der Waals surface area contributed by atoms with Gasteiger partial charge in [-0.3, -0.25) is 9.30 Å². The van der Waals surface area contributed by atoms with Gasteiger partial charge in [-0.25, -0.2) is 9.37 Å². The number of fused-ring (bicyclic) bond motifs is 1. The van der Waals surface area contributed by atoms with Crippen LogP contribution in [0.1, 0.15) is 5.69 Å². The molecule has 130 valence electrons. The van der Waals surface area contributed by atoms with Gasteiger partial charge in [0, 0.05) is 49.5 Å². The highest BCUT2D eigenvalue weighted by molar-refractivity contribution is 6.36. The van der Waals surface area contributed by atoms with Crippen molar-refractivity contribution in [3.05, 3.63) is 58.1 Å². The van der Waals surface area contributed by atoms with Gasteiger partial charge in [-0.1, -0.05) is 23.2 Å². The molecule has 1 aliphatic rings. The fourth-order valence-corrected chi connectivity index (χ4v) is 3.69. The molecule has 3 aromatic rings. The van der Waals surface area contributed by atoms with E-state index in [0.29, 0.717) is 22.2 Å². The molecule has 4 rings (SSSR count). The summed E-state index contributed by atoms with van der Waals surface area (Å²) in [4.78, 5) is 7.04. The van der Waals surface area contributed by atoms with Crippen LogP contribution in [0, 0.1) is 5.82 Å². The Labute approximate surface area is 155 Å². The molecule has 0 atom stereocenters. The van der Waals surface area contributed by atoms with Gasteiger partial charge in [-0.05, 0) is 30.3 Å². The molecular formula is C18H17Cl2FN4. The molecule has 1 aliphatic heterocycles. The SMILES string of the molecule is Fc1ccc2nc(-c3ccc(Cl)cc3Cl)c(CN3CCNCC3)n2c1. The van der Waals surface area contributed by atoms with Crippen LogP contribution in [-0.4, -0.2) is 40.5 Å². The lowest BCUT2D eigenvalue weighted by Crippen LogP contribution is -2.43. The number of aromatic nitrogens is 2. The minimum absolute atomic E-state index is 0.291. The van der Waals surface area contributed by atoms with Gasteiger partial charge >= 0.3 is 0 Å². The zero-order valence-electron chi connectivity index (χ0n) is 13.5. The molecule has 2 aromatic heterocycles. The van der Waals surface area contributed by atoms with Crippen molar-refractivity contribution in [1.82, 2.24) is 19.6 Å². The molecule has 4 nitrogen and oxygen atoms in total. The number of nitrogens with one attached hydrogen (secondary N) is 1. The van der Waals surface area contributed by atoms with Crippen molar-refractivity contribution in [1.29, 1.82) is 0 Å². The molecule has 0 aliphatic carbocycles. The van der Waals surface area contributed by atoms with Gasteiger partial charge < -0.3 is 5.32 Å². The Bertz CT molecular complexity index is 919. The fraction of sp³-hybridized carbons (Fsp3) is 0.278. The third-order valence-electron chi connectivity index (χ3n) is 4.45. The lowest BCUT2D eigenvalue weighted by atomic mass is 10.1. The van der Waals surface area contributed by atoms with Crippen LogP contribution < -0.4 is 5.32 Å². The highest BCUT2D eigenvalue weighted by Crippen LogP contribution is 2.33. The number of hydrogen-bond donors (Lipinski definition) is 1. The number of hydrogen-bond acceptors (Lipinski definition) is 3. The molecule has 1 saturated heterocycles. The predicted molar refractivity (Wildman–Crippen MR) is 98.8 cm³/mol. The summed E-state index contributed by atoms with van der Waals surface area (Å²) in [6.07, 6.45) is 1.48. The van der Waals surface area contributed by atoms with E-state index in [1.807, 2.05) is 10.5 Å². The second kappa shape index (κ2) is 6.92. The Morgan fingerprint density at radius 3 is 2.68 bits per heavy atom. The van der Waals surface area contributed by atoms with E-state index in [0.717, 1.165) is 43.1 Å². The first-order valence-electron chi connectivity index (χ1n) is 8.17. The summed E-state index contributed by atoms with van der Waals surface area (Å²) in [6, 6.07) is 8.47. The van der Waals surface area contributed by atoms with E-state index < -0.39 is 0 Å². The van der Waals surface area contributed by atoms with Gasteiger partial charge in [0.2, 0.25) is 0 Å². The van der Waals surface area contributed by atoms with Crippen LogP contribution in [0.2, 0.25) is 10.0 Å². The first-order valence-corrected chi connectivity index (χ1v) is 8.92. The summed E-state index contributed by atoms with van der Waals surface area (Å²) in [5.74, 6) is -0.291. The molecule has 7 heteroatoms. The van der Waals surface area contributed by atoms with E-state index in [-0.39, 0.29) is 5.82 Å². The maximum Gasteiger partial charge on any atom is 0.139 e. The Morgan fingerprint density at radius 1 is 1.12 bits per heavy atom. The Morgan fingerprint density at radius 2 is 1.92 bits per heavy atom. The molecule has 0 saturated carbocycles. The monoisotopic (exact) mass is 378 g/mol. The predicted octanol–water partition coefficient (Wildman–Crippen LogP) is 3.85. The van der Waals surface area contributed by atoms with Gasteiger partial charge in [0.1, 0.15) is 11.5 Å². The summed E-state index contributed by atoms with van der Waals surface area (Å²) in [5, 5.41) is 4.46. The second-order valence-electron chi connectivity index (χ2n) is 6.13. The van der Waals surface area contributed by atoms with Crippen LogP contribution in [0.4, 0.5) is 4.39 Å². The number of nitrogens with zero attached hydrogens (tertiary/aromatic N) is 3. The average Bonchev–Trinajstić information content (AvgIpc) is 2.93. The number of piperazine rings is 1. The van der Waals surface area contributed by atoms with E-state index in [1.54, 1.807) is 18.2 Å². The molecule has 1 fully saturated rings. The third-order valence-corrected chi connectivity index (χ3v) is 5.00. The minimum atomic E-state index is -0.291. The molecule has 0 unspecified atom stereocenters. The molecule has 3 heterocycles. The van der Waals surface area contributed by atoms with Crippen LogP contribution in [0.25, 0.3) is 16.9 Å². The van der Waals surface area contributed by atoms with Gasteiger partial charge in [0.25, 0.3) is 0 Å². The minimum Gasteiger partial charge on any atom is -0.314 e. The first-order chi connectivity index (χ1) is 12.1. The number of pyridine rings is 1. The maximum atomic E-state index is 13.8. The summed E-state index contributed by atoms with van der Waals surface area (Å²) in [5.41, 5.74) is 3.21. The third kappa shape index (κ3) is 3.37. The van der Waals surface area contributed by atoms with Crippen LogP contribution in [0.5, 0.6) is 0 Å². The normalized spacial score (nSPS) is 15.8. The molecule has 0 radical (unpaired) electrons. The number of rotatable bonds is 3. The molecule has 25 heavy (non-hydrogen) atoms. The van der Waals surface area contributed by atoms with Crippen LogP contribution in [0.15, 0.2) is 36.5 Å². The van der Waals surface area contributed by atoms with E-state index in [2.05, 4.69) is 10.2 Å². The van der Waals surface area contributed by atoms with Crippen molar-refractivity contribution in [3.8, 4) is 11.3 Å². The molecular weight excluding hydrogens is 362 g/mol. The highest BCUT2D eigenvalue weighted by Gasteiger charge is 2.20. The summed E-state index contributed by atoms with van der Waals surface area (Å²) >= 11 is 12.4. The zero-order valence-corrected chi connectivity index (χ0v) is 15.0. The number of imidazole rings is 1. The molecule has 0 amide bonds. The molecule has 1 aromatic carbocycles. The molecule has 0 spiro atoms. The Hall–Kier alpha value is -1.66. The summed E-state index contributed by atoms with van der Waals surface area (Å²) < 4.78 is 15.6. The summed E-state index contributed by atoms with van der Waals surface area (Å²) in [6.45, 7) is 4.46. The maximum absolute atomic E-state index is 13.8. The van der Waals surface area contributed by atoms with E-state index >= 15 is 0 Å². The Balaban J connectivity index is 1.85. The summed E-state index contributed by atoms with van der Waals surface area (Å²) in [7, 11) is 0. The molecule has 0 bridgehead atoms. The fourth-order valence-electron chi connectivity index (χ4n) is 3.20. The highest BCUT2D eigenvalue weighted by atomic mass is 35.5. The van der Waals surface area contributed by atoms with Crippen molar-refractivity contribution in [3.63, 3.8) is 0 Å². The van der Waals surface area contributed by atoms with Crippen LogP contribution >= 0.6 is 23.2 Å². The van der Waals surface area contributed by atoms with E-state index in [9.17, 15) is 4.39 Å². The largest absolute Gasteiger partial charge is 0.314 e. The second-order valence-corrected chi connectivity index (χ2v) is 6.98. The Kier molecular flexibility index (Phi) is 4.65.